The van der Waals surface area contributed by atoms with Crippen molar-refractivity contribution in [1.82, 2.24) is 0 Å². The first-order valence-corrected chi connectivity index (χ1v) is 8.38. The predicted octanol–water partition coefficient (Wildman–Crippen LogP) is 5.40. The summed E-state index contributed by atoms with van der Waals surface area (Å²) in [5.74, 6) is -0.350. The molecule has 0 heterocycles. The molecule has 2 rings (SSSR count). The van der Waals surface area contributed by atoms with Gasteiger partial charge in [-0.1, -0.05) is 29.8 Å². The van der Waals surface area contributed by atoms with Crippen molar-refractivity contribution < 1.29 is 18.7 Å². The third-order valence-electron chi connectivity index (χ3n) is 3.05. The minimum atomic E-state index is -0.426. The molecule has 0 radical (unpaired) electrons. The Kier molecular flexibility index (Phi) is 6.82. The quantitative estimate of drug-likeness (QED) is 0.470. The molecule has 0 aromatic heterocycles. The van der Waals surface area contributed by atoms with Crippen LogP contribution in [0.1, 0.15) is 18.1 Å². The van der Waals surface area contributed by atoms with Crippen LogP contribution in [-0.4, -0.2) is 12.6 Å². The maximum atomic E-state index is 13.6. The molecule has 0 saturated heterocycles. The topological polar surface area (TPSA) is 35.5 Å². The highest BCUT2D eigenvalue weighted by Crippen LogP contribution is 2.35. The largest absolute Gasteiger partial charge is 0.486 e. The molecular formula is C18H15BrClFO3. The zero-order valence-electron chi connectivity index (χ0n) is 12.9. The lowest BCUT2D eigenvalue weighted by molar-refractivity contribution is -0.137. The van der Waals surface area contributed by atoms with E-state index in [-0.39, 0.29) is 12.4 Å². The molecule has 2 aromatic rings. The van der Waals surface area contributed by atoms with Gasteiger partial charge in [-0.25, -0.2) is 9.18 Å². The summed E-state index contributed by atoms with van der Waals surface area (Å²) < 4.78 is 24.7. The molecule has 0 spiro atoms. The molecule has 0 N–H and O–H groups in total. The lowest BCUT2D eigenvalue weighted by Crippen LogP contribution is -2.00. The summed E-state index contributed by atoms with van der Waals surface area (Å²) in [6.45, 7) is 2.11. The van der Waals surface area contributed by atoms with Gasteiger partial charge in [0.05, 0.1) is 16.1 Å². The number of esters is 1. The van der Waals surface area contributed by atoms with E-state index in [1.165, 1.54) is 12.1 Å². The van der Waals surface area contributed by atoms with Crippen LogP contribution in [0.4, 0.5) is 4.39 Å². The average molecular weight is 414 g/mol. The molecule has 0 amide bonds. The van der Waals surface area contributed by atoms with Crippen molar-refractivity contribution >= 4 is 39.6 Å². The van der Waals surface area contributed by atoms with Crippen molar-refractivity contribution in [3.8, 4) is 5.75 Å². The van der Waals surface area contributed by atoms with E-state index in [1.807, 2.05) is 0 Å². The summed E-state index contributed by atoms with van der Waals surface area (Å²) in [6, 6.07) is 9.78. The van der Waals surface area contributed by atoms with Crippen LogP contribution in [-0.2, 0) is 16.1 Å². The molecule has 0 saturated carbocycles. The highest BCUT2D eigenvalue weighted by atomic mass is 79.9. The molecule has 126 valence electrons. The van der Waals surface area contributed by atoms with Gasteiger partial charge < -0.3 is 9.47 Å². The summed E-state index contributed by atoms with van der Waals surface area (Å²) >= 11 is 9.59. The van der Waals surface area contributed by atoms with Crippen LogP contribution in [0.15, 0.2) is 46.9 Å². The highest BCUT2D eigenvalue weighted by molar-refractivity contribution is 9.10. The third kappa shape index (κ3) is 5.08. The van der Waals surface area contributed by atoms with Gasteiger partial charge in [-0.15, -0.1) is 0 Å². The maximum Gasteiger partial charge on any atom is 0.330 e. The van der Waals surface area contributed by atoms with Gasteiger partial charge in [0.25, 0.3) is 0 Å². The van der Waals surface area contributed by atoms with Crippen LogP contribution < -0.4 is 4.74 Å². The Balaban J connectivity index is 2.12. The van der Waals surface area contributed by atoms with Crippen molar-refractivity contribution in [1.29, 1.82) is 0 Å². The number of carbonyl (C=O) groups excluding carboxylic acids is 1. The van der Waals surface area contributed by atoms with Crippen molar-refractivity contribution in [3.63, 3.8) is 0 Å². The van der Waals surface area contributed by atoms with E-state index >= 15 is 0 Å². The van der Waals surface area contributed by atoms with Crippen LogP contribution in [0.5, 0.6) is 5.75 Å². The SMILES string of the molecule is CCOC(=O)/C=C/c1cc(Cl)c(OCc2ccccc2F)c(Br)c1. The first kappa shape index (κ1) is 18.5. The molecule has 0 fully saturated rings. The molecule has 3 nitrogen and oxygen atoms in total. The van der Waals surface area contributed by atoms with Gasteiger partial charge in [0.1, 0.15) is 12.4 Å². The molecule has 0 atom stereocenters. The molecule has 2 aromatic carbocycles. The zero-order valence-corrected chi connectivity index (χ0v) is 15.2. The molecule has 0 aliphatic rings. The second-order valence-corrected chi connectivity index (χ2v) is 6.04. The van der Waals surface area contributed by atoms with Crippen LogP contribution in [0, 0.1) is 5.82 Å². The molecule has 24 heavy (non-hydrogen) atoms. The summed E-state index contributed by atoms with van der Waals surface area (Å²) in [5, 5.41) is 0.351. The number of benzene rings is 2. The number of carbonyl (C=O) groups is 1. The van der Waals surface area contributed by atoms with Gasteiger partial charge in [0, 0.05) is 11.6 Å². The van der Waals surface area contributed by atoms with Crippen LogP contribution in [0.25, 0.3) is 6.08 Å². The smallest absolute Gasteiger partial charge is 0.330 e. The van der Waals surface area contributed by atoms with Gasteiger partial charge in [0.2, 0.25) is 0 Å². The maximum absolute atomic E-state index is 13.6. The van der Waals surface area contributed by atoms with Crippen molar-refractivity contribution in [2.24, 2.45) is 0 Å². The molecule has 0 unspecified atom stereocenters. The van der Waals surface area contributed by atoms with E-state index in [4.69, 9.17) is 21.1 Å². The molecule has 6 heteroatoms. The monoisotopic (exact) mass is 412 g/mol. The van der Waals surface area contributed by atoms with E-state index in [0.717, 1.165) is 0 Å². The Hall–Kier alpha value is -1.85. The standard InChI is InChI=1S/C18H15BrClFO3/c1-2-23-17(22)8-7-12-9-14(19)18(15(20)10-12)24-11-13-5-3-4-6-16(13)21/h3-10H,2,11H2,1H3/b8-7+. The fourth-order valence-corrected chi connectivity index (χ4v) is 2.92. The minimum Gasteiger partial charge on any atom is -0.486 e. The summed E-state index contributed by atoms with van der Waals surface area (Å²) in [5.41, 5.74) is 1.14. The normalized spacial score (nSPS) is 10.8. The van der Waals surface area contributed by atoms with E-state index in [2.05, 4.69) is 15.9 Å². The van der Waals surface area contributed by atoms with E-state index in [1.54, 1.807) is 43.3 Å². The van der Waals surface area contributed by atoms with Crippen molar-refractivity contribution in [2.75, 3.05) is 6.61 Å². The third-order valence-corrected chi connectivity index (χ3v) is 3.92. The van der Waals surface area contributed by atoms with Gasteiger partial charge in [-0.05, 0) is 52.7 Å². The van der Waals surface area contributed by atoms with E-state index in [9.17, 15) is 9.18 Å². The van der Waals surface area contributed by atoms with Gasteiger partial charge in [-0.3, -0.25) is 0 Å². The number of hydrogen-bond donors (Lipinski definition) is 0. The molecule has 0 aliphatic heterocycles. The highest BCUT2D eigenvalue weighted by Gasteiger charge is 2.10. The summed E-state index contributed by atoms with van der Waals surface area (Å²) in [4.78, 5) is 11.3. The van der Waals surface area contributed by atoms with Crippen LogP contribution >= 0.6 is 27.5 Å². The predicted molar refractivity (Wildman–Crippen MR) is 95.6 cm³/mol. The lowest BCUT2D eigenvalue weighted by atomic mass is 10.2. The second kappa shape index (κ2) is 8.85. The zero-order chi connectivity index (χ0) is 17.5. The van der Waals surface area contributed by atoms with Gasteiger partial charge >= 0.3 is 5.97 Å². The first-order valence-electron chi connectivity index (χ1n) is 7.21. The number of ether oxygens (including phenoxy) is 2. The number of hydrogen-bond acceptors (Lipinski definition) is 3. The first-order chi connectivity index (χ1) is 11.5. The number of rotatable bonds is 6. The Morgan fingerprint density at radius 2 is 2.08 bits per heavy atom. The summed E-state index contributed by atoms with van der Waals surface area (Å²) in [6.07, 6.45) is 2.91. The Bertz CT molecular complexity index is 739. The average Bonchev–Trinajstić information content (AvgIpc) is 2.54. The van der Waals surface area contributed by atoms with E-state index < -0.39 is 5.97 Å². The molecular weight excluding hydrogens is 399 g/mol. The Morgan fingerprint density at radius 3 is 2.75 bits per heavy atom. The Morgan fingerprint density at radius 1 is 1.33 bits per heavy atom. The Labute approximate surface area is 153 Å². The van der Waals surface area contributed by atoms with Gasteiger partial charge in [-0.2, -0.15) is 0 Å². The second-order valence-electron chi connectivity index (χ2n) is 4.78. The number of halogens is 3. The van der Waals surface area contributed by atoms with Crippen molar-refractivity contribution in [3.05, 3.63) is 68.9 Å². The van der Waals surface area contributed by atoms with Crippen LogP contribution in [0.2, 0.25) is 5.02 Å². The van der Waals surface area contributed by atoms with E-state index in [0.29, 0.717) is 33.0 Å². The van der Waals surface area contributed by atoms with Crippen LogP contribution in [0.3, 0.4) is 0 Å². The minimum absolute atomic E-state index is 0.0585. The molecule has 0 aliphatic carbocycles. The lowest BCUT2D eigenvalue weighted by Gasteiger charge is -2.11. The van der Waals surface area contributed by atoms with Crippen molar-refractivity contribution in [2.45, 2.75) is 13.5 Å². The fourth-order valence-electron chi connectivity index (χ4n) is 1.93. The fraction of sp³-hybridized carbons (Fsp3) is 0.167. The summed E-state index contributed by atoms with van der Waals surface area (Å²) in [7, 11) is 0. The molecule has 0 bridgehead atoms. The van der Waals surface area contributed by atoms with Gasteiger partial charge in [0.15, 0.2) is 5.75 Å².